The Morgan fingerprint density at radius 1 is 0.733 bits per heavy atom. The molecule has 0 atom stereocenters. The van der Waals surface area contributed by atoms with Gasteiger partial charge in [-0.05, 0) is 50.2 Å². The Balaban J connectivity index is 1.46. The van der Waals surface area contributed by atoms with E-state index in [1.807, 2.05) is 19.9 Å². The van der Waals surface area contributed by atoms with Crippen molar-refractivity contribution in [2.75, 3.05) is 26.2 Å². The van der Waals surface area contributed by atoms with Gasteiger partial charge in [0.1, 0.15) is 0 Å². The van der Waals surface area contributed by atoms with Crippen molar-refractivity contribution in [3.63, 3.8) is 0 Å². The number of piperazine rings is 1. The summed E-state index contributed by atoms with van der Waals surface area (Å²) in [7, 11) is 0. The Morgan fingerprint density at radius 3 is 1.80 bits per heavy atom. The number of aryl methyl sites for hydroxylation is 2. The fourth-order valence-corrected chi connectivity index (χ4v) is 4.04. The molecule has 154 valence electrons. The van der Waals surface area contributed by atoms with Crippen LogP contribution in [0.3, 0.4) is 0 Å². The maximum Gasteiger partial charge on any atom is 0.254 e. The van der Waals surface area contributed by atoms with Gasteiger partial charge in [-0.15, -0.1) is 0 Å². The molecule has 6 nitrogen and oxygen atoms in total. The first-order chi connectivity index (χ1) is 14.3. The summed E-state index contributed by atoms with van der Waals surface area (Å²) in [6, 6.07) is 10.2. The van der Waals surface area contributed by atoms with Crippen LogP contribution in [0.4, 0.5) is 0 Å². The first kappa shape index (κ1) is 20.6. The minimum atomic E-state index is -0.140. The second kappa shape index (κ2) is 8.20. The van der Waals surface area contributed by atoms with Crippen LogP contribution in [0.25, 0.3) is 11.0 Å². The Bertz CT molecular complexity index is 1140. The zero-order valence-corrected chi connectivity index (χ0v) is 18.2. The lowest BCUT2D eigenvalue weighted by atomic mass is 10.1. The van der Waals surface area contributed by atoms with E-state index < -0.39 is 0 Å². The van der Waals surface area contributed by atoms with Gasteiger partial charge in [0, 0.05) is 47.4 Å². The maximum atomic E-state index is 13.0. The molecule has 8 heteroatoms. The number of carbonyl (C=O) groups excluding carboxylic acids is 2. The summed E-state index contributed by atoms with van der Waals surface area (Å²) in [5.41, 5.74) is 4.22. The number of halogens is 2. The van der Waals surface area contributed by atoms with E-state index in [9.17, 15) is 9.59 Å². The fraction of sp³-hybridized carbons (Fsp3) is 0.273. The molecule has 1 fully saturated rings. The van der Waals surface area contributed by atoms with E-state index in [2.05, 4.69) is 9.97 Å². The van der Waals surface area contributed by atoms with Crippen molar-refractivity contribution in [2.45, 2.75) is 13.8 Å². The first-order valence-corrected chi connectivity index (χ1v) is 10.4. The normalized spacial score (nSPS) is 14.3. The molecule has 2 heterocycles. The molecule has 2 aromatic carbocycles. The lowest BCUT2D eigenvalue weighted by Gasteiger charge is -2.35. The summed E-state index contributed by atoms with van der Waals surface area (Å²) in [6.07, 6.45) is 0. The SMILES string of the molecule is Cc1nc2ccc(C(=O)N3CCN(C(=O)c4cc(Cl)cc(Cl)c4)CC3)cc2nc1C. The highest BCUT2D eigenvalue weighted by Gasteiger charge is 2.26. The quantitative estimate of drug-likeness (QED) is 0.597. The topological polar surface area (TPSA) is 66.4 Å². The van der Waals surface area contributed by atoms with Crippen LogP contribution in [0.15, 0.2) is 36.4 Å². The van der Waals surface area contributed by atoms with Crippen LogP contribution in [0.2, 0.25) is 10.0 Å². The Labute approximate surface area is 184 Å². The van der Waals surface area contributed by atoms with Crippen molar-refractivity contribution >= 4 is 46.0 Å². The zero-order valence-electron chi connectivity index (χ0n) is 16.7. The third-order valence-electron chi connectivity index (χ3n) is 5.29. The van der Waals surface area contributed by atoms with Gasteiger partial charge in [-0.1, -0.05) is 23.2 Å². The van der Waals surface area contributed by atoms with Gasteiger partial charge in [-0.2, -0.15) is 0 Å². The molecule has 0 N–H and O–H groups in total. The molecule has 30 heavy (non-hydrogen) atoms. The lowest BCUT2D eigenvalue weighted by molar-refractivity contribution is 0.0535. The van der Waals surface area contributed by atoms with Gasteiger partial charge in [0.2, 0.25) is 0 Å². The van der Waals surface area contributed by atoms with Crippen LogP contribution in [-0.2, 0) is 0 Å². The average Bonchev–Trinajstić information content (AvgIpc) is 2.72. The van der Waals surface area contributed by atoms with E-state index in [0.29, 0.717) is 52.9 Å². The molecule has 0 aliphatic carbocycles. The maximum absolute atomic E-state index is 13.0. The second-order valence-electron chi connectivity index (χ2n) is 7.34. The molecular weight excluding hydrogens is 423 g/mol. The molecule has 1 aliphatic rings. The van der Waals surface area contributed by atoms with Crippen LogP contribution >= 0.6 is 23.2 Å². The smallest absolute Gasteiger partial charge is 0.254 e. The van der Waals surface area contributed by atoms with Crippen LogP contribution in [0.5, 0.6) is 0 Å². The van der Waals surface area contributed by atoms with Gasteiger partial charge in [0.25, 0.3) is 11.8 Å². The van der Waals surface area contributed by atoms with Crippen LogP contribution in [-0.4, -0.2) is 57.8 Å². The Kier molecular flexibility index (Phi) is 5.62. The number of nitrogens with zero attached hydrogens (tertiary/aromatic N) is 4. The third kappa shape index (κ3) is 4.11. The van der Waals surface area contributed by atoms with E-state index in [0.717, 1.165) is 16.9 Å². The number of rotatable bonds is 2. The number of aromatic nitrogens is 2. The lowest BCUT2D eigenvalue weighted by Crippen LogP contribution is -2.50. The van der Waals surface area contributed by atoms with Gasteiger partial charge in [0.15, 0.2) is 0 Å². The predicted molar refractivity (Wildman–Crippen MR) is 117 cm³/mol. The number of fused-ring (bicyclic) bond motifs is 1. The zero-order chi connectivity index (χ0) is 21.4. The van der Waals surface area contributed by atoms with Crippen molar-refractivity contribution in [1.29, 1.82) is 0 Å². The summed E-state index contributed by atoms with van der Waals surface area (Å²) >= 11 is 12.0. The molecule has 0 saturated carbocycles. The molecule has 4 rings (SSSR count). The molecule has 3 aromatic rings. The largest absolute Gasteiger partial charge is 0.335 e. The van der Waals surface area contributed by atoms with Crippen molar-refractivity contribution < 1.29 is 9.59 Å². The number of benzene rings is 2. The van der Waals surface area contributed by atoms with Gasteiger partial charge in [-0.3, -0.25) is 9.59 Å². The van der Waals surface area contributed by atoms with Crippen LogP contribution < -0.4 is 0 Å². The second-order valence-corrected chi connectivity index (χ2v) is 8.21. The van der Waals surface area contributed by atoms with Crippen molar-refractivity contribution in [3.8, 4) is 0 Å². The van der Waals surface area contributed by atoms with E-state index in [-0.39, 0.29) is 11.8 Å². The number of hydrogen-bond donors (Lipinski definition) is 0. The third-order valence-corrected chi connectivity index (χ3v) is 5.72. The van der Waals surface area contributed by atoms with Crippen molar-refractivity contribution in [2.24, 2.45) is 0 Å². The number of hydrogen-bond acceptors (Lipinski definition) is 4. The van der Waals surface area contributed by atoms with E-state index in [1.54, 1.807) is 40.1 Å². The van der Waals surface area contributed by atoms with Gasteiger partial charge >= 0.3 is 0 Å². The predicted octanol–water partition coefficient (Wildman–Crippen LogP) is 4.15. The monoisotopic (exact) mass is 442 g/mol. The molecule has 2 amide bonds. The summed E-state index contributed by atoms with van der Waals surface area (Å²) in [5.74, 6) is -0.215. The summed E-state index contributed by atoms with van der Waals surface area (Å²) in [6.45, 7) is 5.62. The molecule has 0 bridgehead atoms. The molecule has 0 spiro atoms. The molecule has 0 radical (unpaired) electrons. The van der Waals surface area contributed by atoms with E-state index >= 15 is 0 Å². The Morgan fingerprint density at radius 2 is 1.23 bits per heavy atom. The molecule has 1 aliphatic heterocycles. The molecule has 0 unspecified atom stereocenters. The highest BCUT2D eigenvalue weighted by atomic mass is 35.5. The molecule has 1 saturated heterocycles. The number of amides is 2. The van der Waals surface area contributed by atoms with Crippen molar-refractivity contribution in [3.05, 3.63) is 69.0 Å². The van der Waals surface area contributed by atoms with Crippen molar-refractivity contribution in [1.82, 2.24) is 19.8 Å². The highest BCUT2D eigenvalue weighted by Crippen LogP contribution is 2.21. The average molecular weight is 443 g/mol. The summed E-state index contributed by atoms with van der Waals surface area (Å²) in [5, 5.41) is 0.842. The van der Waals surface area contributed by atoms with Crippen LogP contribution in [0, 0.1) is 13.8 Å². The molecule has 1 aromatic heterocycles. The van der Waals surface area contributed by atoms with E-state index in [1.165, 1.54) is 0 Å². The first-order valence-electron chi connectivity index (χ1n) is 9.61. The van der Waals surface area contributed by atoms with Gasteiger partial charge in [-0.25, -0.2) is 9.97 Å². The van der Waals surface area contributed by atoms with Crippen LogP contribution in [0.1, 0.15) is 32.1 Å². The Hall–Kier alpha value is -2.70. The number of carbonyl (C=O) groups is 2. The fourth-order valence-electron chi connectivity index (χ4n) is 3.52. The minimum absolute atomic E-state index is 0.0742. The standard InChI is InChI=1S/C22H20Cl2N4O2/c1-13-14(2)26-20-11-15(3-4-19(20)25-13)21(29)27-5-7-28(8-6-27)22(30)16-9-17(23)12-18(24)10-16/h3-4,9-12H,5-8H2,1-2H3. The summed E-state index contributed by atoms with van der Waals surface area (Å²) < 4.78 is 0. The van der Waals surface area contributed by atoms with Gasteiger partial charge < -0.3 is 9.80 Å². The minimum Gasteiger partial charge on any atom is -0.335 e. The van der Waals surface area contributed by atoms with E-state index in [4.69, 9.17) is 23.2 Å². The molecular formula is C22H20Cl2N4O2. The summed E-state index contributed by atoms with van der Waals surface area (Å²) in [4.78, 5) is 38.2. The highest BCUT2D eigenvalue weighted by molar-refractivity contribution is 6.35. The van der Waals surface area contributed by atoms with Gasteiger partial charge in [0.05, 0.1) is 22.4 Å².